The largest absolute Gasteiger partial charge is 0.488 e. The van der Waals surface area contributed by atoms with Crippen molar-refractivity contribution in [3.05, 3.63) is 141 Å². The number of halogens is 2. The Morgan fingerprint density at radius 3 is 2.44 bits per heavy atom. The molecular formula is C32H25BrClN3O2. The van der Waals surface area contributed by atoms with Crippen LogP contribution in [0.2, 0.25) is 5.02 Å². The highest BCUT2D eigenvalue weighted by atomic mass is 79.9. The number of hydrogen-bond acceptors (Lipinski definition) is 3. The Kier molecular flexibility index (Phi) is 8.25. The van der Waals surface area contributed by atoms with E-state index in [4.69, 9.17) is 16.3 Å². The molecule has 0 unspecified atom stereocenters. The molecular weight excluding hydrogens is 574 g/mol. The second kappa shape index (κ2) is 12.2. The van der Waals surface area contributed by atoms with E-state index in [0.29, 0.717) is 22.9 Å². The van der Waals surface area contributed by atoms with Crippen LogP contribution in [0.5, 0.6) is 5.75 Å². The molecule has 4 aromatic carbocycles. The second-order valence-electron chi connectivity index (χ2n) is 8.88. The number of nitrogens with one attached hydrogen (secondary N) is 1. The normalized spacial score (nSPS) is 11.1. The van der Waals surface area contributed by atoms with Crippen molar-refractivity contribution >= 4 is 39.7 Å². The molecule has 1 amide bonds. The molecule has 7 heteroatoms. The number of carbonyl (C=O) groups is 1. The molecule has 5 aromatic rings. The van der Waals surface area contributed by atoms with E-state index >= 15 is 0 Å². The highest BCUT2D eigenvalue weighted by molar-refractivity contribution is 9.10. The Bertz CT molecular complexity index is 1630. The summed E-state index contributed by atoms with van der Waals surface area (Å²) in [5.74, 6) is 0.397. The van der Waals surface area contributed by atoms with E-state index in [0.717, 1.165) is 38.2 Å². The standard InChI is InChI=1S/C32H25BrClN3O2/c1-22-11-17-30(24-7-3-2-4-8-24)37(22)27-15-13-25(14-16-27)32(38)36-35-20-23-12-18-31(28(33)19-23)39-21-26-9-5-6-10-29(26)34/h2-20H,21H2,1H3,(H,36,38)/b35-20+. The summed E-state index contributed by atoms with van der Waals surface area (Å²) in [6, 6.07) is 35.1. The molecule has 0 fully saturated rings. The van der Waals surface area contributed by atoms with Crippen LogP contribution in [0, 0.1) is 6.92 Å². The Balaban J connectivity index is 1.21. The van der Waals surface area contributed by atoms with E-state index in [2.05, 4.69) is 62.2 Å². The van der Waals surface area contributed by atoms with Crippen LogP contribution >= 0.6 is 27.5 Å². The minimum absolute atomic E-state index is 0.288. The molecule has 5 rings (SSSR count). The molecule has 1 aromatic heterocycles. The maximum Gasteiger partial charge on any atom is 0.271 e. The first-order valence-corrected chi connectivity index (χ1v) is 13.5. The average Bonchev–Trinajstić information content (AvgIpc) is 3.35. The summed E-state index contributed by atoms with van der Waals surface area (Å²) in [6.45, 7) is 2.43. The van der Waals surface area contributed by atoms with Crippen molar-refractivity contribution in [2.75, 3.05) is 0 Å². The fraction of sp³-hybridized carbons (Fsp3) is 0.0625. The van der Waals surface area contributed by atoms with Crippen LogP contribution in [0.15, 0.2) is 119 Å². The van der Waals surface area contributed by atoms with Crippen molar-refractivity contribution in [1.82, 2.24) is 9.99 Å². The van der Waals surface area contributed by atoms with Crippen LogP contribution in [0.25, 0.3) is 16.9 Å². The molecule has 5 nitrogen and oxygen atoms in total. The summed E-state index contributed by atoms with van der Waals surface area (Å²) in [7, 11) is 0. The summed E-state index contributed by atoms with van der Waals surface area (Å²) < 4.78 is 8.84. The van der Waals surface area contributed by atoms with Gasteiger partial charge in [-0.25, -0.2) is 5.43 Å². The molecule has 0 saturated heterocycles. The number of benzene rings is 4. The van der Waals surface area contributed by atoms with Gasteiger partial charge in [-0.15, -0.1) is 0 Å². The molecule has 1 heterocycles. The van der Waals surface area contributed by atoms with E-state index in [9.17, 15) is 4.79 Å². The van der Waals surface area contributed by atoms with E-state index in [1.54, 1.807) is 18.3 Å². The van der Waals surface area contributed by atoms with Crippen molar-refractivity contribution in [3.63, 3.8) is 0 Å². The van der Waals surface area contributed by atoms with Crippen molar-refractivity contribution in [3.8, 4) is 22.7 Å². The second-order valence-corrected chi connectivity index (χ2v) is 10.1. The van der Waals surface area contributed by atoms with Crippen LogP contribution in [0.4, 0.5) is 0 Å². The topological polar surface area (TPSA) is 55.6 Å². The zero-order chi connectivity index (χ0) is 27.2. The number of hydrogen-bond donors (Lipinski definition) is 1. The Morgan fingerprint density at radius 2 is 1.69 bits per heavy atom. The maximum absolute atomic E-state index is 12.7. The molecule has 194 valence electrons. The van der Waals surface area contributed by atoms with Gasteiger partial charge in [0.05, 0.1) is 16.4 Å². The highest BCUT2D eigenvalue weighted by Crippen LogP contribution is 2.28. The van der Waals surface area contributed by atoms with E-state index < -0.39 is 0 Å². The fourth-order valence-electron chi connectivity index (χ4n) is 4.19. The quantitative estimate of drug-likeness (QED) is 0.145. The van der Waals surface area contributed by atoms with Crippen molar-refractivity contribution in [2.45, 2.75) is 13.5 Å². The molecule has 0 saturated carbocycles. The molecule has 39 heavy (non-hydrogen) atoms. The smallest absolute Gasteiger partial charge is 0.271 e. The summed E-state index contributed by atoms with van der Waals surface area (Å²) >= 11 is 9.74. The van der Waals surface area contributed by atoms with Crippen molar-refractivity contribution in [2.24, 2.45) is 5.10 Å². The summed E-state index contributed by atoms with van der Waals surface area (Å²) in [5.41, 5.74) is 9.16. The Hall–Kier alpha value is -4.13. The summed E-state index contributed by atoms with van der Waals surface area (Å²) in [4.78, 5) is 12.7. The van der Waals surface area contributed by atoms with E-state index in [-0.39, 0.29) is 5.91 Å². The predicted molar refractivity (Wildman–Crippen MR) is 161 cm³/mol. The third kappa shape index (κ3) is 6.30. The fourth-order valence-corrected chi connectivity index (χ4v) is 4.89. The van der Waals surface area contributed by atoms with Gasteiger partial charge in [-0.3, -0.25) is 4.79 Å². The molecule has 0 spiro atoms. The van der Waals surface area contributed by atoms with E-state index in [1.807, 2.05) is 72.8 Å². The van der Waals surface area contributed by atoms with Gasteiger partial charge in [0.15, 0.2) is 0 Å². The first kappa shape index (κ1) is 26.5. The van der Waals surface area contributed by atoms with Gasteiger partial charge in [-0.2, -0.15) is 5.10 Å². The number of hydrazone groups is 1. The lowest BCUT2D eigenvalue weighted by atomic mass is 10.1. The number of amides is 1. The number of aryl methyl sites for hydroxylation is 1. The minimum atomic E-state index is -0.288. The van der Waals surface area contributed by atoms with Gasteiger partial charge in [-0.05, 0) is 94.6 Å². The lowest BCUT2D eigenvalue weighted by molar-refractivity contribution is 0.0955. The Morgan fingerprint density at radius 1 is 0.949 bits per heavy atom. The lowest BCUT2D eigenvalue weighted by Gasteiger charge is -2.12. The monoisotopic (exact) mass is 597 g/mol. The molecule has 0 aliphatic heterocycles. The number of ether oxygens (including phenoxy) is 1. The van der Waals surface area contributed by atoms with Gasteiger partial charge in [0.1, 0.15) is 12.4 Å². The predicted octanol–water partition coefficient (Wildman–Crippen LogP) is 8.21. The van der Waals surface area contributed by atoms with Crippen molar-refractivity contribution in [1.29, 1.82) is 0 Å². The van der Waals surface area contributed by atoms with Crippen LogP contribution in [-0.2, 0) is 6.61 Å². The average molecular weight is 599 g/mol. The molecule has 0 aliphatic carbocycles. The molecule has 0 atom stereocenters. The molecule has 0 bridgehead atoms. The summed E-state index contributed by atoms with van der Waals surface area (Å²) in [6.07, 6.45) is 1.59. The van der Waals surface area contributed by atoms with Crippen LogP contribution in [-0.4, -0.2) is 16.7 Å². The van der Waals surface area contributed by atoms with Crippen LogP contribution in [0.3, 0.4) is 0 Å². The number of rotatable bonds is 8. The van der Waals surface area contributed by atoms with Gasteiger partial charge in [0.25, 0.3) is 5.91 Å². The third-order valence-corrected chi connectivity index (χ3v) is 7.20. The molecule has 0 aliphatic rings. The molecule has 0 radical (unpaired) electrons. The SMILES string of the molecule is Cc1ccc(-c2ccccc2)n1-c1ccc(C(=O)N/N=C/c2ccc(OCc3ccccc3Cl)c(Br)c2)cc1. The Labute approximate surface area is 240 Å². The molecule has 1 N–H and O–H groups in total. The maximum atomic E-state index is 12.7. The van der Waals surface area contributed by atoms with Crippen molar-refractivity contribution < 1.29 is 9.53 Å². The van der Waals surface area contributed by atoms with Gasteiger partial charge in [0, 0.05) is 27.5 Å². The number of nitrogens with zero attached hydrogens (tertiary/aromatic N) is 2. The van der Waals surface area contributed by atoms with Gasteiger partial charge in [-0.1, -0.05) is 60.1 Å². The van der Waals surface area contributed by atoms with Gasteiger partial charge >= 0.3 is 0 Å². The zero-order valence-electron chi connectivity index (χ0n) is 21.1. The van der Waals surface area contributed by atoms with Crippen LogP contribution < -0.4 is 10.2 Å². The van der Waals surface area contributed by atoms with Gasteiger partial charge < -0.3 is 9.30 Å². The third-order valence-electron chi connectivity index (χ3n) is 6.21. The summed E-state index contributed by atoms with van der Waals surface area (Å²) in [5, 5.41) is 4.79. The first-order valence-electron chi connectivity index (χ1n) is 12.3. The van der Waals surface area contributed by atoms with Gasteiger partial charge in [0.2, 0.25) is 0 Å². The minimum Gasteiger partial charge on any atom is -0.488 e. The number of aromatic nitrogens is 1. The van der Waals surface area contributed by atoms with Crippen LogP contribution in [0.1, 0.15) is 27.2 Å². The first-order chi connectivity index (χ1) is 19.0. The lowest BCUT2D eigenvalue weighted by Crippen LogP contribution is -2.17. The zero-order valence-corrected chi connectivity index (χ0v) is 23.5. The van der Waals surface area contributed by atoms with E-state index in [1.165, 1.54) is 0 Å². The number of carbonyl (C=O) groups excluding carboxylic acids is 1. The highest BCUT2D eigenvalue weighted by Gasteiger charge is 2.11.